The highest BCUT2D eigenvalue weighted by Crippen LogP contribution is 2.25. The molecule has 0 amide bonds. The SMILES string of the molecule is CC(C)c1ccccc1OCCNC(N)=NCCc1cccs1.I. The van der Waals surface area contributed by atoms with Crippen LogP contribution in [0.25, 0.3) is 0 Å². The summed E-state index contributed by atoms with van der Waals surface area (Å²) in [5, 5.41) is 5.16. The van der Waals surface area contributed by atoms with Gasteiger partial charge in [0.2, 0.25) is 0 Å². The Morgan fingerprint density at radius 3 is 2.75 bits per heavy atom. The molecule has 0 saturated heterocycles. The number of hydrogen-bond donors (Lipinski definition) is 2. The lowest BCUT2D eigenvalue weighted by atomic mass is 10.0. The van der Waals surface area contributed by atoms with E-state index >= 15 is 0 Å². The second-order valence-corrected chi connectivity index (χ2v) is 6.60. The van der Waals surface area contributed by atoms with Gasteiger partial charge in [-0.2, -0.15) is 0 Å². The summed E-state index contributed by atoms with van der Waals surface area (Å²) in [6, 6.07) is 12.3. The molecule has 132 valence electrons. The van der Waals surface area contributed by atoms with Crippen molar-refractivity contribution in [3.8, 4) is 5.75 Å². The number of nitrogens with one attached hydrogen (secondary N) is 1. The van der Waals surface area contributed by atoms with Crippen LogP contribution in [0.4, 0.5) is 0 Å². The average molecular weight is 459 g/mol. The normalized spacial score (nSPS) is 11.2. The maximum atomic E-state index is 5.86. The van der Waals surface area contributed by atoms with Gasteiger partial charge in [-0.1, -0.05) is 38.1 Å². The molecule has 3 N–H and O–H groups in total. The summed E-state index contributed by atoms with van der Waals surface area (Å²) in [4.78, 5) is 5.65. The van der Waals surface area contributed by atoms with Crippen LogP contribution >= 0.6 is 35.3 Å². The fraction of sp³-hybridized carbons (Fsp3) is 0.389. The summed E-state index contributed by atoms with van der Waals surface area (Å²) in [7, 11) is 0. The van der Waals surface area contributed by atoms with Crippen LogP contribution in [0, 0.1) is 0 Å². The fourth-order valence-electron chi connectivity index (χ4n) is 2.23. The zero-order valence-corrected chi connectivity index (χ0v) is 17.3. The van der Waals surface area contributed by atoms with Crippen molar-refractivity contribution in [3.05, 3.63) is 52.2 Å². The van der Waals surface area contributed by atoms with Crippen molar-refractivity contribution in [3.63, 3.8) is 0 Å². The Bertz CT molecular complexity index is 614. The number of hydrogen-bond acceptors (Lipinski definition) is 3. The van der Waals surface area contributed by atoms with Gasteiger partial charge in [-0.15, -0.1) is 35.3 Å². The Balaban J connectivity index is 0.00000288. The Morgan fingerprint density at radius 2 is 2.04 bits per heavy atom. The highest BCUT2D eigenvalue weighted by atomic mass is 127. The molecule has 0 saturated carbocycles. The van der Waals surface area contributed by atoms with Gasteiger partial charge in [0.25, 0.3) is 0 Å². The number of aliphatic imine (C=N–C) groups is 1. The molecule has 2 rings (SSSR count). The summed E-state index contributed by atoms with van der Waals surface area (Å²) in [5.41, 5.74) is 7.08. The Morgan fingerprint density at radius 1 is 1.25 bits per heavy atom. The van der Waals surface area contributed by atoms with Gasteiger partial charge in [0.05, 0.1) is 6.54 Å². The lowest BCUT2D eigenvalue weighted by Gasteiger charge is -2.14. The molecule has 0 aliphatic heterocycles. The van der Waals surface area contributed by atoms with Crippen LogP contribution < -0.4 is 15.8 Å². The third-order valence-electron chi connectivity index (χ3n) is 3.43. The largest absolute Gasteiger partial charge is 0.491 e. The third-order valence-corrected chi connectivity index (χ3v) is 4.36. The zero-order chi connectivity index (χ0) is 16.5. The van der Waals surface area contributed by atoms with Gasteiger partial charge in [0.15, 0.2) is 5.96 Å². The number of halogens is 1. The monoisotopic (exact) mass is 459 g/mol. The first-order valence-electron chi connectivity index (χ1n) is 7.94. The molecule has 1 aromatic carbocycles. The van der Waals surface area contributed by atoms with E-state index in [1.165, 1.54) is 10.4 Å². The second-order valence-electron chi connectivity index (χ2n) is 5.56. The summed E-state index contributed by atoms with van der Waals surface area (Å²) in [5.74, 6) is 1.86. The van der Waals surface area contributed by atoms with E-state index in [4.69, 9.17) is 10.5 Å². The number of nitrogens with zero attached hydrogens (tertiary/aromatic N) is 1. The summed E-state index contributed by atoms with van der Waals surface area (Å²) in [6.07, 6.45) is 0.929. The minimum atomic E-state index is 0. The molecule has 2 aromatic rings. The van der Waals surface area contributed by atoms with E-state index in [0.29, 0.717) is 31.6 Å². The number of guanidine groups is 1. The molecule has 0 bridgehead atoms. The van der Waals surface area contributed by atoms with Crippen LogP contribution in [-0.4, -0.2) is 25.7 Å². The molecule has 4 nitrogen and oxygen atoms in total. The molecule has 0 unspecified atom stereocenters. The van der Waals surface area contributed by atoms with Crippen molar-refractivity contribution < 1.29 is 4.74 Å². The van der Waals surface area contributed by atoms with Crippen LogP contribution in [0.15, 0.2) is 46.8 Å². The van der Waals surface area contributed by atoms with Crippen LogP contribution in [0.1, 0.15) is 30.2 Å². The average Bonchev–Trinajstić information content (AvgIpc) is 3.05. The fourth-order valence-corrected chi connectivity index (χ4v) is 2.92. The van der Waals surface area contributed by atoms with E-state index in [2.05, 4.69) is 47.7 Å². The van der Waals surface area contributed by atoms with E-state index < -0.39 is 0 Å². The van der Waals surface area contributed by atoms with Crippen molar-refractivity contribution in [2.24, 2.45) is 10.7 Å². The van der Waals surface area contributed by atoms with E-state index in [0.717, 1.165) is 12.2 Å². The second kappa shape index (κ2) is 11.3. The molecule has 0 aliphatic carbocycles. The molecule has 6 heteroatoms. The molecular weight excluding hydrogens is 433 g/mol. The number of para-hydroxylation sites is 1. The van der Waals surface area contributed by atoms with Gasteiger partial charge in [0, 0.05) is 17.8 Å². The van der Waals surface area contributed by atoms with E-state index in [-0.39, 0.29) is 24.0 Å². The molecule has 0 radical (unpaired) electrons. The first-order chi connectivity index (χ1) is 11.2. The Labute approximate surface area is 165 Å². The van der Waals surface area contributed by atoms with E-state index in [1.807, 2.05) is 18.2 Å². The quantitative estimate of drug-likeness (QED) is 0.272. The minimum absolute atomic E-state index is 0. The van der Waals surface area contributed by atoms with E-state index in [9.17, 15) is 0 Å². The molecule has 0 atom stereocenters. The number of thiophene rings is 1. The van der Waals surface area contributed by atoms with Crippen LogP contribution in [0.2, 0.25) is 0 Å². The number of ether oxygens (including phenoxy) is 1. The number of benzene rings is 1. The maximum absolute atomic E-state index is 5.86. The van der Waals surface area contributed by atoms with Gasteiger partial charge in [-0.05, 0) is 29.0 Å². The predicted octanol–water partition coefficient (Wildman–Crippen LogP) is 4.02. The van der Waals surface area contributed by atoms with Crippen molar-refractivity contribution in [1.29, 1.82) is 0 Å². The number of rotatable bonds is 8. The van der Waals surface area contributed by atoms with E-state index in [1.54, 1.807) is 11.3 Å². The summed E-state index contributed by atoms with van der Waals surface area (Å²) in [6.45, 7) is 6.24. The minimum Gasteiger partial charge on any atom is -0.491 e. The lowest BCUT2D eigenvalue weighted by Crippen LogP contribution is -2.35. The molecule has 0 spiro atoms. The Kier molecular flexibility index (Phi) is 9.78. The predicted molar refractivity (Wildman–Crippen MR) is 114 cm³/mol. The highest BCUT2D eigenvalue weighted by Gasteiger charge is 2.06. The number of nitrogens with two attached hydrogens (primary N) is 1. The van der Waals surface area contributed by atoms with Crippen molar-refractivity contribution in [2.45, 2.75) is 26.2 Å². The molecule has 1 heterocycles. The van der Waals surface area contributed by atoms with Gasteiger partial charge in [-0.25, -0.2) is 0 Å². The lowest BCUT2D eigenvalue weighted by molar-refractivity contribution is 0.318. The van der Waals surface area contributed by atoms with Crippen LogP contribution in [0.3, 0.4) is 0 Å². The van der Waals surface area contributed by atoms with Gasteiger partial charge in [-0.3, -0.25) is 4.99 Å². The Hall–Kier alpha value is -1.28. The first kappa shape index (κ1) is 20.8. The van der Waals surface area contributed by atoms with Crippen molar-refractivity contribution in [1.82, 2.24) is 5.32 Å². The van der Waals surface area contributed by atoms with Crippen LogP contribution in [0.5, 0.6) is 5.75 Å². The molecule has 1 aromatic heterocycles. The van der Waals surface area contributed by atoms with Gasteiger partial charge >= 0.3 is 0 Å². The molecule has 0 aliphatic rings. The maximum Gasteiger partial charge on any atom is 0.188 e. The first-order valence-corrected chi connectivity index (χ1v) is 8.82. The zero-order valence-electron chi connectivity index (χ0n) is 14.2. The van der Waals surface area contributed by atoms with Gasteiger partial charge in [0.1, 0.15) is 12.4 Å². The third kappa shape index (κ3) is 7.09. The topological polar surface area (TPSA) is 59.6 Å². The molecule has 24 heavy (non-hydrogen) atoms. The van der Waals surface area contributed by atoms with Gasteiger partial charge < -0.3 is 15.8 Å². The standard InChI is InChI=1S/C18H25N3OS.HI/c1-14(2)16-7-3-4-8-17(16)22-12-11-21-18(19)20-10-9-15-6-5-13-23-15;/h3-8,13-14H,9-12H2,1-2H3,(H3,19,20,21);1H. The highest BCUT2D eigenvalue weighted by molar-refractivity contribution is 14.0. The van der Waals surface area contributed by atoms with Crippen LogP contribution in [-0.2, 0) is 6.42 Å². The van der Waals surface area contributed by atoms with Crippen molar-refractivity contribution in [2.75, 3.05) is 19.7 Å². The summed E-state index contributed by atoms with van der Waals surface area (Å²) >= 11 is 1.75. The van der Waals surface area contributed by atoms with Crippen molar-refractivity contribution >= 4 is 41.3 Å². The molecular formula is C18H26IN3OS. The molecule has 0 fully saturated rings. The smallest absolute Gasteiger partial charge is 0.188 e. The summed E-state index contributed by atoms with van der Waals surface area (Å²) < 4.78 is 5.84.